The summed E-state index contributed by atoms with van der Waals surface area (Å²) in [5.41, 5.74) is -0.355. The van der Waals surface area contributed by atoms with Crippen molar-refractivity contribution in [2.24, 2.45) is 11.3 Å². The molecule has 2 aliphatic rings. The number of carbonyl (C=O) groups excluding carboxylic acids is 2. The lowest BCUT2D eigenvalue weighted by atomic mass is 9.79. The molecule has 0 spiro atoms. The maximum absolute atomic E-state index is 12.6. The number of nitrogens with one attached hydrogen (secondary N) is 2. The predicted molar refractivity (Wildman–Crippen MR) is 98.7 cm³/mol. The fourth-order valence-corrected chi connectivity index (χ4v) is 4.67. The van der Waals surface area contributed by atoms with E-state index in [4.69, 9.17) is 0 Å². The van der Waals surface area contributed by atoms with Crippen LogP contribution < -0.4 is 10.6 Å². The Morgan fingerprint density at radius 3 is 3.00 bits per heavy atom. The van der Waals surface area contributed by atoms with Crippen LogP contribution in [0.3, 0.4) is 0 Å². The smallest absolute Gasteiger partial charge is 0.317 e. The molecule has 2 fully saturated rings. The molecule has 1 aromatic rings. The van der Waals surface area contributed by atoms with Gasteiger partial charge < -0.3 is 15.5 Å². The van der Waals surface area contributed by atoms with E-state index in [-0.39, 0.29) is 17.4 Å². The summed E-state index contributed by atoms with van der Waals surface area (Å²) < 4.78 is 0. The molecule has 0 aromatic carbocycles. The van der Waals surface area contributed by atoms with Crippen molar-refractivity contribution in [2.75, 3.05) is 26.2 Å². The summed E-state index contributed by atoms with van der Waals surface area (Å²) in [6.45, 7) is 8.79. The first-order chi connectivity index (χ1) is 11.8. The lowest BCUT2D eigenvalue weighted by molar-refractivity contribution is -0.132. The average molecular weight is 365 g/mol. The summed E-state index contributed by atoms with van der Waals surface area (Å²) in [7, 11) is 0. The van der Waals surface area contributed by atoms with Gasteiger partial charge in [0.15, 0.2) is 0 Å². The normalized spacial score (nSPS) is 26.2. The van der Waals surface area contributed by atoms with Crippen LogP contribution in [0.1, 0.15) is 48.9 Å². The molecule has 3 heterocycles. The molecule has 0 bridgehead atoms. The van der Waals surface area contributed by atoms with E-state index in [1.54, 1.807) is 11.3 Å². The molecule has 6 nitrogen and oxygen atoms in total. The molecule has 3 rings (SSSR count). The average Bonchev–Trinajstić information content (AvgIpc) is 3.02. The van der Waals surface area contributed by atoms with Gasteiger partial charge in [0.1, 0.15) is 0 Å². The number of amides is 3. The van der Waals surface area contributed by atoms with Crippen molar-refractivity contribution in [3.63, 3.8) is 0 Å². The maximum Gasteiger partial charge on any atom is 0.317 e. The van der Waals surface area contributed by atoms with E-state index in [1.807, 2.05) is 24.9 Å². The number of rotatable bonds is 3. The van der Waals surface area contributed by atoms with Gasteiger partial charge in [0.05, 0.1) is 5.01 Å². The number of likely N-dealkylation sites (tertiary alicyclic amines) is 1. The third kappa shape index (κ3) is 4.32. The molecular weight excluding hydrogens is 336 g/mol. The molecule has 2 N–H and O–H groups in total. The van der Waals surface area contributed by atoms with E-state index in [0.717, 1.165) is 37.4 Å². The molecule has 0 radical (unpaired) electrons. The molecule has 138 valence electrons. The number of nitrogens with zero attached hydrogens (tertiary/aromatic N) is 2. The fraction of sp³-hybridized carbons (Fsp3) is 0.722. The molecule has 7 heteroatoms. The van der Waals surface area contributed by atoms with Crippen LogP contribution in [-0.2, 0) is 4.79 Å². The highest BCUT2D eigenvalue weighted by Gasteiger charge is 2.35. The number of urea groups is 1. The minimum Gasteiger partial charge on any atom is -0.355 e. The number of piperidine rings is 2. The second-order valence-corrected chi connectivity index (χ2v) is 9.21. The highest BCUT2D eigenvalue weighted by Crippen LogP contribution is 2.30. The molecule has 2 aliphatic heterocycles. The van der Waals surface area contributed by atoms with Crippen LogP contribution >= 0.6 is 11.3 Å². The molecular formula is C18H28N4O2S. The van der Waals surface area contributed by atoms with Crippen molar-refractivity contribution in [1.29, 1.82) is 0 Å². The van der Waals surface area contributed by atoms with Gasteiger partial charge in [-0.2, -0.15) is 0 Å². The summed E-state index contributed by atoms with van der Waals surface area (Å²) in [4.78, 5) is 32.0. The zero-order chi connectivity index (χ0) is 18.0. The summed E-state index contributed by atoms with van der Waals surface area (Å²) >= 11 is 1.73. The number of aromatic nitrogens is 1. The minimum atomic E-state index is -0.355. The second kappa shape index (κ2) is 7.32. The third-order valence-corrected chi connectivity index (χ3v) is 6.28. The van der Waals surface area contributed by atoms with Gasteiger partial charge in [0.2, 0.25) is 5.91 Å². The maximum atomic E-state index is 12.6. The number of thiazole rings is 1. The molecule has 2 saturated heterocycles. The highest BCUT2D eigenvalue weighted by molar-refractivity contribution is 7.11. The Hall–Kier alpha value is -1.63. The Kier molecular flexibility index (Phi) is 5.32. The van der Waals surface area contributed by atoms with Gasteiger partial charge >= 0.3 is 6.03 Å². The Labute approximate surface area is 153 Å². The Balaban J connectivity index is 1.50. The Bertz CT molecular complexity index is 643. The molecule has 3 amide bonds. The van der Waals surface area contributed by atoms with Gasteiger partial charge in [-0.3, -0.25) is 4.79 Å². The largest absolute Gasteiger partial charge is 0.355 e. The van der Waals surface area contributed by atoms with Crippen LogP contribution in [0.4, 0.5) is 4.79 Å². The van der Waals surface area contributed by atoms with Crippen molar-refractivity contribution >= 4 is 23.3 Å². The molecule has 1 aromatic heterocycles. The van der Waals surface area contributed by atoms with Crippen molar-refractivity contribution in [2.45, 2.75) is 46.0 Å². The molecule has 2 atom stereocenters. The zero-order valence-electron chi connectivity index (χ0n) is 15.3. The summed E-state index contributed by atoms with van der Waals surface area (Å²) in [6.07, 6.45) is 4.83. The molecule has 0 saturated carbocycles. The zero-order valence-corrected chi connectivity index (χ0v) is 16.1. The lowest BCUT2D eigenvalue weighted by Crippen LogP contribution is -2.51. The minimum absolute atomic E-state index is 0.00711. The quantitative estimate of drug-likeness (QED) is 0.865. The first-order valence-corrected chi connectivity index (χ1v) is 9.90. The number of carbonyl (C=O) groups is 2. The van der Waals surface area contributed by atoms with Crippen molar-refractivity contribution < 1.29 is 9.59 Å². The summed E-state index contributed by atoms with van der Waals surface area (Å²) in [6, 6.07) is 0.00711. The first kappa shape index (κ1) is 18.2. The van der Waals surface area contributed by atoms with E-state index in [2.05, 4.69) is 22.5 Å². The van der Waals surface area contributed by atoms with Crippen molar-refractivity contribution in [1.82, 2.24) is 20.5 Å². The van der Waals surface area contributed by atoms with Gasteiger partial charge in [-0.1, -0.05) is 13.8 Å². The van der Waals surface area contributed by atoms with Crippen LogP contribution in [0.5, 0.6) is 0 Å². The van der Waals surface area contributed by atoms with E-state index < -0.39 is 0 Å². The van der Waals surface area contributed by atoms with Gasteiger partial charge in [-0.05, 0) is 32.1 Å². The van der Waals surface area contributed by atoms with E-state index in [9.17, 15) is 9.59 Å². The van der Waals surface area contributed by atoms with Gasteiger partial charge in [0.25, 0.3) is 0 Å². The Morgan fingerprint density at radius 1 is 1.52 bits per heavy atom. The summed E-state index contributed by atoms with van der Waals surface area (Å²) in [5.74, 6) is 0.748. The first-order valence-electron chi connectivity index (χ1n) is 9.08. The van der Waals surface area contributed by atoms with E-state index in [1.165, 1.54) is 4.88 Å². The second-order valence-electron chi connectivity index (χ2n) is 7.94. The lowest BCUT2D eigenvalue weighted by Gasteiger charge is -2.36. The molecule has 2 unspecified atom stereocenters. The topological polar surface area (TPSA) is 74.3 Å². The van der Waals surface area contributed by atoms with Crippen LogP contribution in [0.25, 0.3) is 0 Å². The molecule has 25 heavy (non-hydrogen) atoms. The van der Waals surface area contributed by atoms with Gasteiger partial charge in [-0.25, -0.2) is 9.78 Å². The SMILES string of the molecule is Cc1cnc(C2CCCN(C(=O)NCC3CNC(=O)C(C)(C)C3)C2)s1. The number of hydrogen-bond donors (Lipinski definition) is 2. The van der Waals surface area contributed by atoms with Crippen LogP contribution in [0.15, 0.2) is 6.20 Å². The monoisotopic (exact) mass is 364 g/mol. The predicted octanol–water partition coefficient (Wildman–Crippen LogP) is 2.50. The van der Waals surface area contributed by atoms with Gasteiger partial charge in [0, 0.05) is 48.6 Å². The van der Waals surface area contributed by atoms with E-state index in [0.29, 0.717) is 24.9 Å². The van der Waals surface area contributed by atoms with Gasteiger partial charge in [-0.15, -0.1) is 11.3 Å². The third-order valence-electron chi connectivity index (χ3n) is 5.20. The van der Waals surface area contributed by atoms with Crippen LogP contribution in [0, 0.1) is 18.3 Å². The van der Waals surface area contributed by atoms with Crippen molar-refractivity contribution in [3.8, 4) is 0 Å². The summed E-state index contributed by atoms with van der Waals surface area (Å²) in [5, 5.41) is 7.16. The van der Waals surface area contributed by atoms with Crippen LogP contribution in [0.2, 0.25) is 0 Å². The number of hydrogen-bond acceptors (Lipinski definition) is 4. The number of aryl methyl sites for hydroxylation is 1. The van der Waals surface area contributed by atoms with Crippen LogP contribution in [-0.4, -0.2) is 48.0 Å². The Morgan fingerprint density at radius 2 is 2.32 bits per heavy atom. The molecule has 0 aliphatic carbocycles. The standard InChI is InChI=1S/C18H28N4O2S/c1-12-8-19-15(25-12)14-5-4-6-22(11-14)17(24)21-10-13-7-18(2,3)16(23)20-9-13/h8,13-14H,4-7,9-11H2,1-3H3,(H,20,23)(H,21,24). The fourth-order valence-electron chi connectivity index (χ4n) is 3.77. The highest BCUT2D eigenvalue weighted by atomic mass is 32.1. The van der Waals surface area contributed by atoms with Crippen molar-refractivity contribution in [3.05, 3.63) is 16.1 Å². The van der Waals surface area contributed by atoms with E-state index >= 15 is 0 Å².